The highest BCUT2D eigenvalue weighted by atomic mass is 16.3. The molecule has 0 spiro atoms. The van der Waals surface area contributed by atoms with Gasteiger partial charge in [0.05, 0.1) is 25.2 Å². The van der Waals surface area contributed by atoms with Crippen molar-refractivity contribution in [1.82, 2.24) is 63.8 Å². The Morgan fingerprint density at radius 1 is 0.400 bits per heavy atom. The smallest absolute Gasteiger partial charge is 0.245 e. The average molecular weight is 1420 g/mol. The van der Waals surface area contributed by atoms with Gasteiger partial charge in [-0.1, -0.05) is 50.6 Å². The summed E-state index contributed by atoms with van der Waals surface area (Å²) in [5.74, 6) is -14.8. The molecule has 0 heterocycles. The number of carbonyl (C=O) groups excluding carboxylic acids is 14. The summed E-state index contributed by atoms with van der Waals surface area (Å²) in [6.45, 7) is 8.69. The predicted octanol–water partition coefficient (Wildman–Crippen LogP) is -9.79. The molecule has 14 amide bonds. The molecule has 0 aliphatic rings. The normalized spacial score (nSPS) is 15.2. The van der Waals surface area contributed by atoms with Crippen LogP contribution in [0.3, 0.4) is 0 Å². The first kappa shape index (κ1) is 88.2. The van der Waals surface area contributed by atoms with Crippen LogP contribution in [-0.2, 0) is 73.5 Å². The van der Waals surface area contributed by atoms with Crippen molar-refractivity contribution < 1.29 is 77.3 Å². The zero-order valence-electron chi connectivity index (χ0n) is 57.8. The molecular formula is C61H107N23O16. The second-order valence-electron chi connectivity index (χ2n) is 24.3. The first-order valence-electron chi connectivity index (χ1n) is 32.8. The Kier molecular flexibility index (Phi) is 40.9. The highest BCUT2D eigenvalue weighted by molar-refractivity contribution is 6.00. The molecule has 0 radical (unpaired) electrons. The highest BCUT2D eigenvalue weighted by Gasteiger charge is 2.37. The van der Waals surface area contributed by atoms with Crippen LogP contribution in [0.1, 0.15) is 125 Å². The van der Waals surface area contributed by atoms with E-state index in [4.69, 9.17) is 51.6 Å². The van der Waals surface area contributed by atoms with E-state index >= 15 is 0 Å². The number of aliphatic hydroxyl groups excluding tert-OH is 2. The van der Waals surface area contributed by atoms with Crippen LogP contribution in [0.4, 0.5) is 0 Å². The van der Waals surface area contributed by atoms with Gasteiger partial charge in [0.1, 0.15) is 72.5 Å². The van der Waals surface area contributed by atoms with Gasteiger partial charge in [0.2, 0.25) is 82.7 Å². The third-order valence-corrected chi connectivity index (χ3v) is 15.2. The molecule has 32 N–H and O–H groups in total. The third-order valence-electron chi connectivity index (χ3n) is 15.2. The van der Waals surface area contributed by atoms with Gasteiger partial charge in [-0.15, -0.1) is 0 Å². The SMILES string of the molecule is CC(C)[C@H](NC(=O)[C@H](CC(N)=O)NC(=O)[C@H](CO)NC(=O)[C@@H](NC(=O)[C@H](C)NC(=O)[C@H](CCCN=C(N)N)NC(=O)[C@H](C)NC(=O)[C@H](C)NC(=O)[C@H](CCCN=C(N)N)NC(=O)[C@H](CCCCN)NC(=O)[C@@H](N)CCCCN)[C@@H](C)O)C(=O)N[C@@H](Cc1ccccc1)C(=O)N[C@@H](C)C(N)=O. The van der Waals surface area contributed by atoms with Gasteiger partial charge in [-0.25, -0.2) is 0 Å². The first-order valence-corrected chi connectivity index (χ1v) is 32.8. The number of amides is 14. The molecule has 1 rings (SSSR count). The molecule has 562 valence electrons. The maximum absolute atomic E-state index is 13.9. The van der Waals surface area contributed by atoms with Crippen LogP contribution in [0.25, 0.3) is 0 Å². The van der Waals surface area contributed by atoms with Crippen molar-refractivity contribution in [2.24, 2.45) is 67.5 Å². The molecule has 100 heavy (non-hydrogen) atoms. The second-order valence-corrected chi connectivity index (χ2v) is 24.3. The van der Waals surface area contributed by atoms with Crippen LogP contribution >= 0.6 is 0 Å². The lowest BCUT2D eigenvalue weighted by Gasteiger charge is -2.28. The van der Waals surface area contributed by atoms with Gasteiger partial charge in [0, 0.05) is 19.5 Å². The molecule has 0 saturated heterocycles. The Labute approximate surface area is 580 Å². The molecule has 1 aromatic carbocycles. The van der Waals surface area contributed by atoms with Crippen molar-refractivity contribution in [3.05, 3.63) is 35.9 Å². The lowest BCUT2D eigenvalue weighted by Crippen LogP contribution is -2.62. The highest BCUT2D eigenvalue weighted by Crippen LogP contribution is 2.11. The van der Waals surface area contributed by atoms with Crippen molar-refractivity contribution in [1.29, 1.82) is 0 Å². The number of primary amides is 2. The molecule has 0 fully saturated rings. The first-order chi connectivity index (χ1) is 47.0. The number of hydrogen-bond donors (Lipinski definition) is 23. The van der Waals surface area contributed by atoms with Crippen molar-refractivity contribution in [3.63, 3.8) is 0 Å². The minimum Gasteiger partial charge on any atom is -0.394 e. The molecule has 0 aliphatic carbocycles. The van der Waals surface area contributed by atoms with Gasteiger partial charge >= 0.3 is 0 Å². The molecule has 0 aliphatic heterocycles. The summed E-state index contributed by atoms with van der Waals surface area (Å²) < 4.78 is 0. The van der Waals surface area contributed by atoms with Crippen LogP contribution < -0.4 is 115 Å². The number of aliphatic hydroxyl groups is 2. The minimum atomic E-state index is -1.96. The number of hydrogen-bond acceptors (Lipinski definition) is 21. The van der Waals surface area contributed by atoms with Gasteiger partial charge in [-0.05, 0) is 117 Å². The van der Waals surface area contributed by atoms with Gasteiger partial charge in [0.25, 0.3) is 0 Å². The third kappa shape index (κ3) is 34.1. The van der Waals surface area contributed by atoms with Crippen molar-refractivity contribution in [3.8, 4) is 0 Å². The molecule has 0 unspecified atom stereocenters. The summed E-state index contributed by atoms with van der Waals surface area (Å²) in [7, 11) is 0. The van der Waals surface area contributed by atoms with E-state index in [2.05, 4.69) is 73.8 Å². The Morgan fingerprint density at radius 2 is 0.760 bits per heavy atom. The van der Waals surface area contributed by atoms with Gasteiger partial charge in [0.15, 0.2) is 11.9 Å². The van der Waals surface area contributed by atoms with E-state index in [1.54, 1.807) is 30.3 Å². The fourth-order valence-electron chi connectivity index (χ4n) is 9.27. The number of nitrogens with zero attached hydrogens (tertiary/aromatic N) is 2. The maximum atomic E-state index is 13.9. The summed E-state index contributed by atoms with van der Waals surface area (Å²) in [6.07, 6.45) is -0.142. The summed E-state index contributed by atoms with van der Waals surface area (Å²) in [6, 6.07) is -10.4. The van der Waals surface area contributed by atoms with Crippen molar-refractivity contribution in [2.45, 2.75) is 210 Å². The Morgan fingerprint density at radius 3 is 1.22 bits per heavy atom. The molecular weight excluding hydrogens is 1310 g/mol. The largest absolute Gasteiger partial charge is 0.394 e. The van der Waals surface area contributed by atoms with Crippen LogP contribution in [0, 0.1) is 5.92 Å². The summed E-state index contributed by atoms with van der Waals surface area (Å²) >= 11 is 0. The maximum Gasteiger partial charge on any atom is 0.245 e. The lowest BCUT2D eigenvalue weighted by molar-refractivity contribution is -0.138. The van der Waals surface area contributed by atoms with Gasteiger partial charge < -0.3 is 126 Å². The van der Waals surface area contributed by atoms with E-state index in [9.17, 15) is 77.3 Å². The quantitative estimate of drug-likeness (QED) is 0.0164. The minimum absolute atomic E-state index is 0.0419. The predicted molar refractivity (Wildman–Crippen MR) is 366 cm³/mol. The standard InChI is InChI=1S/C61H107N23O16/c1-30(2)45(58(99)81-41(27-36-17-9-8-10-18-36)55(96)73-31(3)47(66)88)83-56(97)42(28-44(65)87)80-57(98)43(29-85)82-59(100)46(35(7)86)84-50(91)34(6)76-52(93)39(21-15-25-71-60(67)68)77-49(90)33(5)74-48(89)32(4)75-53(94)40(22-16-26-72-61(69)70)79-54(95)38(20-12-14-24-63)78-51(92)37(64)19-11-13-23-62/h8-10,17-18,30-35,37-43,45-46,85-86H,11-16,19-29,62-64H2,1-7H3,(H2,65,87)(H2,66,88)(H,73,96)(H,74,89)(H,75,94)(H,76,93)(H,77,90)(H,78,92)(H,79,95)(H,80,98)(H,81,99)(H,82,100)(H,83,97)(H,84,91)(H4,67,68,71)(H4,69,70,72)/t31-,32-,33-,34-,35+,37-,38-,39-,40-,41-,42-,43-,45-,46-/m0/s1. The average Bonchev–Trinajstić information content (AvgIpc) is 0.844. The number of benzene rings is 1. The van der Waals surface area contributed by atoms with E-state index in [1.807, 2.05) is 0 Å². The molecule has 14 atom stereocenters. The van der Waals surface area contributed by atoms with E-state index in [0.717, 1.165) is 13.8 Å². The number of nitrogens with two attached hydrogens (primary N) is 9. The summed E-state index contributed by atoms with van der Waals surface area (Å²) in [4.78, 5) is 196. The van der Waals surface area contributed by atoms with Crippen molar-refractivity contribution >= 4 is 94.6 Å². The van der Waals surface area contributed by atoms with Gasteiger partial charge in [-0.2, -0.15) is 0 Å². The van der Waals surface area contributed by atoms with Crippen LogP contribution in [0.15, 0.2) is 40.3 Å². The molecule has 1 aromatic rings. The van der Waals surface area contributed by atoms with Crippen LogP contribution in [0.5, 0.6) is 0 Å². The van der Waals surface area contributed by atoms with E-state index < -0.39 is 186 Å². The lowest BCUT2D eigenvalue weighted by atomic mass is 10.00. The number of carbonyl (C=O) groups is 14. The Balaban J connectivity index is 3.29. The number of aliphatic imine (C=N–C) groups is 2. The Hall–Kier alpha value is -9.86. The number of nitrogens with one attached hydrogen (secondary N) is 12. The molecule has 0 aromatic heterocycles. The number of guanidine groups is 2. The zero-order valence-corrected chi connectivity index (χ0v) is 57.8. The monoisotopic (exact) mass is 1420 g/mol. The van der Waals surface area contributed by atoms with E-state index in [0.29, 0.717) is 50.8 Å². The van der Waals surface area contributed by atoms with Crippen LogP contribution in [-0.4, -0.2) is 222 Å². The van der Waals surface area contributed by atoms with E-state index in [-0.39, 0.29) is 63.5 Å². The molecule has 0 bridgehead atoms. The molecule has 39 heteroatoms. The fourth-order valence-corrected chi connectivity index (χ4v) is 9.27. The van der Waals surface area contributed by atoms with Gasteiger partial charge in [-0.3, -0.25) is 77.1 Å². The summed E-state index contributed by atoms with van der Waals surface area (Å²) in [5, 5.41) is 50.1. The molecule has 0 saturated carbocycles. The zero-order chi connectivity index (χ0) is 75.9. The fraction of sp³-hybridized carbons (Fsp3) is 0.639. The van der Waals surface area contributed by atoms with E-state index in [1.165, 1.54) is 34.6 Å². The second kappa shape index (κ2) is 46.4. The number of unbranched alkanes of at least 4 members (excludes halogenated alkanes) is 2. The number of rotatable bonds is 48. The Bertz CT molecular complexity index is 2950. The molecule has 39 nitrogen and oxygen atoms in total. The van der Waals surface area contributed by atoms with Crippen LogP contribution in [0.2, 0.25) is 0 Å². The summed E-state index contributed by atoms with van der Waals surface area (Å²) in [5.41, 5.74) is 50.6. The topological polar surface area (TPSA) is 683 Å². The van der Waals surface area contributed by atoms with Crippen molar-refractivity contribution in [2.75, 3.05) is 32.8 Å².